The zero-order valence-electron chi connectivity index (χ0n) is 18.8. The number of hydrogen-bond acceptors (Lipinski definition) is 3. The van der Waals surface area contributed by atoms with Crippen LogP contribution in [0.15, 0.2) is 23.3 Å². The molecule has 0 bridgehead atoms. The molecule has 2 fully saturated rings. The zero-order valence-corrected chi connectivity index (χ0v) is 20.9. The minimum atomic E-state index is -0.873. The van der Waals surface area contributed by atoms with Crippen molar-refractivity contribution < 1.29 is 72.6 Å². The summed E-state index contributed by atoms with van der Waals surface area (Å²) >= 11 is 0. The Morgan fingerprint density at radius 1 is 1.21 bits per heavy atom. The van der Waals surface area contributed by atoms with Crippen molar-refractivity contribution in [2.24, 2.45) is 28.6 Å². The third-order valence-corrected chi connectivity index (χ3v) is 8.90. The number of ketones is 1. The fourth-order valence-corrected chi connectivity index (χ4v) is 7.25. The van der Waals surface area contributed by atoms with Gasteiger partial charge in [0, 0.05) is 12.8 Å². The maximum absolute atomic E-state index is 12.0. The number of allylic oxidation sites excluding steroid dienone is 4. The van der Waals surface area contributed by atoms with Crippen molar-refractivity contribution in [3.63, 3.8) is 0 Å². The van der Waals surface area contributed by atoms with Crippen molar-refractivity contribution in [1.29, 1.82) is 0 Å². The van der Waals surface area contributed by atoms with Gasteiger partial charge in [0.05, 0.1) is 5.60 Å². The Morgan fingerprint density at radius 3 is 2.57 bits per heavy atom. The molecule has 0 saturated heterocycles. The minimum absolute atomic E-state index is 0. The molecule has 5 heteroatoms. The first kappa shape index (κ1) is 22.9. The molecule has 4 nitrogen and oxygen atoms in total. The number of carboxylic acid groups (broad SMARTS) is 1. The normalized spacial score (nSPS) is 44.4. The maximum Gasteiger partial charge on any atom is 1.00 e. The molecule has 4 aliphatic carbocycles. The van der Waals surface area contributed by atoms with Gasteiger partial charge in [-0.15, -0.1) is 0 Å². The second-order valence-electron chi connectivity index (χ2n) is 10.0. The predicted octanol–water partition coefficient (Wildman–Crippen LogP) is 1.40. The molecule has 2 N–H and O–H groups in total. The molecular weight excluding hydrogens is 379 g/mol. The number of rotatable bonds is 3. The van der Waals surface area contributed by atoms with E-state index in [2.05, 4.69) is 26.8 Å². The maximum atomic E-state index is 12.0. The SMILES string of the molecule is CC1=C[C@@H]2[C@H](CC[C@@]3(C)[C@H]2CC[C@]3(O)CCC(=O)O)[C@@]2(C)CCC(=O)C=C12.[H-].[K+]. The molecule has 0 aromatic heterocycles. The summed E-state index contributed by atoms with van der Waals surface area (Å²) in [7, 11) is 0. The molecule has 0 radical (unpaired) electrons. The quantitative estimate of drug-likeness (QED) is 0.687. The number of aliphatic carboxylic acids is 1. The Balaban J connectivity index is 0.00000150. The van der Waals surface area contributed by atoms with Crippen LogP contribution in [0.25, 0.3) is 0 Å². The van der Waals surface area contributed by atoms with Crippen LogP contribution < -0.4 is 51.4 Å². The molecule has 0 amide bonds. The van der Waals surface area contributed by atoms with E-state index in [-0.39, 0.29) is 75.8 Å². The standard InChI is InChI=1S/C23H32O4.K.H/c1-14-12-16-17(21(2)8-4-15(24)13-19(14)21)5-9-22(3)18(16)6-10-23(22,27)11-7-20(25)26;;/h12-13,16-18,27H,4-11H2,1-3H3,(H,25,26);;/q;+1;-1/t16-,17+,18+,21-,22+,23+;;/m1../s1. The molecule has 0 aromatic carbocycles. The smallest absolute Gasteiger partial charge is 1.00 e. The Hall–Kier alpha value is 0.216. The molecule has 0 unspecified atom stereocenters. The molecule has 28 heavy (non-hydrogen) atoms. The Labute approximate surface area is 212 Å². The summed E-state index contributed by atoms with van der Waals surface area (Å²) < 4.78 is 0. The molecule has 0 aliphatic heterocycles. The van der Waals surface area contributed by atoms with Gasteiger partial charge in [-0.2, -0.15) is 0 Å². The van der Waals surface area contributed by atoms with E-state index in [4.69, 9.17) is 5.11 Å². The Bertz CT molecular complexity index is 762. The monoisotopic (exact) mass is 412 g/mol. The third kappa shape index (κ3) is 3.29. The van der Waals surface area contributed by atoms with Gasteiger partial charge >= 0.3 is 57.4 Å². The molecule has 0 spiro atoms. The first-order valence-corrected chi connectivity index (χ1v) is 10.5. The van der Waals surface area contributed by atoms with Crippen molar-refractivity contribution in [1.82, 2.24) is 0 Å². The Kier molecular flexibility index (Phi) is 6.31. The van der Waals surface area contributed by atoms with Crippen LogP contribution in [-0.2, 0) is 9.59 Å². The first-order chi connectivity index (χ1) is 12.6. The summed E-state index contributed by atoms with van der Waals surface area (Å²) in [6, 6.07) is 0. The second kappa shape index (κ2) is 7.72. The van der Waals surface area contributed by atoms with Crippen LogP contribution in [0, 0.1) is 28.6 Å². The van der Waals surface area contributed by atoms with Gasteiger partial charge in [-0.25, -0.2) is 0 Å². The van der Waals surface area contributed by atoms with E-state index in [9.17, 15) is 14.7 Å². The molecule has 2 saturated carbocycles. The van der Waals surface area contributed by atoms with Crippen molar-refractivity contribution >= 4 is 11.8 Å². The van der Waals surface area contributed by atoms with E-state index < -0.39 is 11.6 Å². The summed E-state index contributed by atoms with van der Waals surface area (Å²) in [5.41, 5.74) is 1.44. The van der Waals surface area contributed by atoms with Crippen LogP contribution in [0.2, 0.25) is 0 Å². The minimum Gasteiger partial charge on any atom is -1.00 e. The first-order valence-electron chi connectivity index (χ1n) is 10.5. The zero-order chi connectivity index (χ0) is 19.6. The number of hydrogen-bond donors (Lipinski definition) is 2. The Morgan fingerprint density at radius 2 is 1.89 bits per heavy atom. The third-order valence-electron chi connectivity index (χ3n) is 8.90. The summed E-state index contributed by atoms with van der Waals surface area (Å²) in [6.07, 6.45) is 9.87. The molecule has 4 rings (SSSR count). The number of carbonyl (C=O) groups excluding carboxylic acids is 1. The predicted molar refractivity (Wildman–Crippen MR) is 104 cm³/mol. The van der Waals surface area contributed by atoms with Gasteiger partial charge in [-0.1, -0.05) is 25.5 Å². The average Bonchev–Trinajstić information content (AvgIpc) is 2.87. The van der Waals surface area contributed by atoms with Gasteiger partial charge in [-0.3, -0.25) is 9.59 Å². The number of carboxylic acids is 1. The number of fused-ring (bicyclic) bond motifs is 5. The van der Waals surface area contributed by atoms with Crippen LogP contribution >= 0.6 is 0 Å². The summed E-state index contributed by atoms with van der Waals surface area (Å²) in [5, 5.41) is 20.6. The largest absolute Gasteiger partial charge is 1.00 e. The van der Waals surface area contributed by atoms with Gasteiger partial charge in [0.25, 0.3) is 0 Å². The van der Waals surface area contributed by atoms with Crippen molar-refractivity contribution in [3.8, 4) is 0 Å². The molecule has 0 aromatic rings. The van der Waals surface area contributed by atoms with E-state index in [0.717, 1.165) is 25.7 Å². The van der Waals surface area contributed by atoms with Gasteiger partial charge < -0.3 is 11.6 Å². The van der Waals surface area contributed by atoms with E-state index >= 15 is 0 Å². The molecular formula is C23H33KO4. The number of carbonyl (C=O) groups is 2. The van der Waals surface area contributed by atoms with Crippen LogP contribution in [0.4, 0.5) is 0 Å². The average molecular weight is 413 g/mol. The summed E-state index contributed by atoms with van der Waals surface area (Å²) in [6.45, 7) is 6.67. The van der Waals surface area contributed by atoms with E-state index in [1.54, 1.807) is 0 Å². The van der Waals surface area contributed by atoms with E-state index in [1.807, 2.05) is 6.08 Å². The van der Waals surface area contributed by atoms with Gasteiger partial charge in [0.15, 0.2) is 5.78 Å². The van der Waals surface area contributed by atoms with Gasteiger partial charge in [0.1, 0.15) is 0 Å². The van der Waals surface area contributed by atoms with Gasteiger partial charge in [-0.05, 0) is 85.7 Å². The van der Waals surface area contributed by atoms with E-state index in [0.29, 0.717) is 37.0 Å². The van der Waals surface area contributed by atoms with Crippen LogP contribution in [0.3, 0.4) is 0 Å². The van der Waals surface area contributed by atoms with E-state index in [1.165, 1.54) is 11.1 Å². The van der Waals surface area contributed by atoms with Crippen LogP contribution in [0.5, 0.6) is 0 Å². The molecule has 6 atom stereocenters. The topological polar surface area (TPSA) is 74.6 Å². The van der Waals surface area contributed by atoms with Crippen molar-refractivity contribution in [2.45, 2.75) is 77.7 Å². The van der Waals surface area contributed by atoms with Crippen molar-refractivity contribution in [2.75, 3.05) is 0 Å². The van der Waals surface area contributed by atoms with Crippen LogP contribution in [0.1, 0.15) is 73.6 Å². The van der Waals surface area contributed by atoms with Gasteiger partial charge in [0.2, 0.25) is 0 Å². The van der Waals surface area contributed by atoms with Crippen LogP contribution in [-0.4, -0.2) is 27.6 Å². The summed E-state index contributed by atoms with van der Waals surface area (Å²) in [4.78, 5) is 23.1. The molecule has 150 valence electrons. The molecule has 4 aliphatic rings. The second-order valence-corrected chi connectivity index (χ2v) is 10.0. The summed E-state index contributed by atoms with van der Waals surface area (Å²) in [5.74, 6) is 0.740. The number of aliphatic hydroxyl groups is 1. The fourth-order valence-electron chi connectivity index (χ4n) is 7.25. The van der Waals surface area contributed by atoms with Crippen molar-refractivity contribution in [3.05, 3.63) is 23.3 Å². The molecule has 0 heterocycles. The fraction of sp³-hybridized carbons (Fsp3) is 0.739.